The van der Waals surface area contributed by atoms with Crippen LogP contribution in [0.2, 0.25) is 0 Å². The van der Waals surface area contributed by atoms with E-state index >= 15 is 0 Å². The molecule has 1 aliphatic rings. The lowest BCUT2D eigenvalue weighted by Gasteiger charge is -2.23. The summed E-state index contributed by atoms with van der Waals surface area (Å²) in [4.78, 5) is 2.16. The van der Waals surface area contributed by atoms with Crippen LogP contribution >= 0.6 is 0 Å². The average Bonchev–Trinajstić information content (AvgIpc) is 2.47. The fraction of sp³-hybridized carbons (Fsp3) is 1.00. The Hall–Kier alpha value is 0.0300. The summed E-state index contributed by atoms with van der Waals surface area (Å²) in [7, 11) is 0. The van der Waals surface area contributed by atoms with E-state index in [1.807, 2.05) is 0 Å². The zero-order valence-electron chi connectivity index (χ0n) is 7.07. The van der Waals surface area contributed by atoms with Crippen molar-refractivity contribution in [3.63, 3.8) is 0 Å². The number of rotatable bonds is 4. The van der Waals surface area contributed by atoms with Gasteiger partial charge in [-0.1, -0.05) is 11.1 Å². The maximum Gasteiger partial charge on any atom is 0.0230 e. The van der Waals surface area contributed by atoms with Crippen LogP contribution in [0.25, 0.3) is 0 Å². The first-order valence-electron chi connectivity index (χ1n) is 4.24. The van der Waals surface area contributed by atoms with Crippen LogP contribution in [-0.2, 0) is 11.1 Å². The molecule has 2 unspecified atom stereocenters. The maximum absolute atomic E-state index is 10.3. The minimum Gasteiger partial charge on any atom is -0.772 e. The topological polar surface area (TPSA) is 69.4 Å². The number of hydrogen-bond acceptors (Lipinski definition) is 4. The van der Waals surface area contributed by atoms with Crippen molar-refractivity contribution in [2.24, 2.45) is 5.73 Å². The van der Waals surface area contributed by atoms with Crippen molar-refractivity contribution in [2.45, 2.75) is 18.9 Å². The van der Waals surface area contributed by atoms with Gasteiger partial charge in [0.25, 0.3) is 0 Å². The molecular weight excluding hydrogens is 176 g/mol. The number of nitrogens with zero attached hydrogens (tertiary/aromatic N) is 1. The standard InChI is InChI=1S/C7H16N2O2S/c8-6-7-2-1-3-9(7)4-5-12(10)11/h7H,1-6,8H2,(H,10,11)/p-1. The summed E-state index contributed by atoms with van der Waals surface area (Å²) < 4.78 is 20.6. The van der Waals surface area contributed by atoms with Crippen molar-refractivity contribution in [1.82, 2.24) is 4.90 Å². The van der Waals surface area contributed by atoms with Crippen LogP contribution in [0.3, 0.4) is 0 Å². The number of hydrogen-bond donors (Lipinski definition) is 1. The molecule has 5 heteroatoms. The summed E-state index contributed by atoms with van der Waals surface area (Å²) in [6.07, 6.45) is 2.26. The fourth-order valence-corrected chi connectivity index (χ4v) is 2.03. The van der Waals surface area contributed by atoms with Crippen molar-refractivity contribution < 1.29 is 8.76 Å². The van der Waals surface area contributed by atoms with Gasteiger partial charge >= 0.3 is 0 Å². The molecule has 1 rings (SSSR count). The third kappa shape index (κ3) is 2.82. The third-order valence-electron chi connectivity index (χ3n) is 2.32. The molecule has 0 bridgehead atoms. The molecule has 0 aromatic heterocycles. The van der Waals surface area contributed by atoms with Gasteiger partial charge in [0.1, 0.15) is 0 Å². The molecule has 0 aliphatic carbocycles. The minimum atomic E-state index is -1.91. The van der Waals surface area contributed by atoms with Crippen molar-refractivity contribution in [1.29, 1.82) is 0 Å². The van der Waals surface area contributed by atoms with Crippen molar-refractivity contribution in [3.8, 4) is 0 Å². The number of likely N-dealkylation sites (tertiary alicyclic amines) is 1. The predicted molar refractivity (Wildman–Crippen MR) is 47.4 cm³/mol. The van der Waals surface area contributed by atoms with E-state index in [9.17, 15) is 8.76 Å². The summed E-state index contributed by atoms with van der Waals surface area (Å²) in [5, 5.41) is 0. The first kappa shape index (κ1) is 10.1. The number of nitrogens with two attached hydrogens (primary N) is 1. The van der Waals surface area contributed by atoms with Gasteiger partial charge in [0, 0.05) is 24.9 Å². The molecule has 72 valence electrons. The Kier molecular flexibility index (Phi) is 4.14. The summed E-state index contributed by atoms with van der Waals surface area (Å²) in [5.41, 5.74) is 5.53. The second-order valence-corrected chi connectivity index (χ2v) is 4.09. The zero-order valence-corrected chi connectivity index (χ0v) is 7.89. The molecule has 2 atom stereocenters. The smallest absolute Gasteiger partial charge is 0.0230 e. The van der Waals surface area contributed by atoms with E-state index < -0.39 is 11.1 Å². The molecule has 1 heterocycles. The summed E-state index contributed by atoms with van der Waals surface area (Å²) in [5.74, 6) is 0.233. The van der Waals surface area contributed by atoms with Gasteiger partial charge in [0.2, 0.25) is 0 Å². The van der Waals surface area contributed by atoms with Gasteiger partial charge in [-0.25, -0.2) is 0 Å². The van der Waals surface area contributed by atoms with E-state index in [1.54, 1.807) is 0 Å². The summed E-state index contributed by atoms with van der Waals surface area (Å²) in [6.45, 7) is 2.28. The molecule has 2 N–H and O–H groups in total. The molecule has 0 saturated carbocycles. The van der Waals surface area contributed by atoms with Gasteiger partial charge in [-0.3, -0.25) is 9.11 Å². The largest absolute Gasteiger partial charge is 0.772 e. The molecule has 0 aromatic carbocycles. The lowest BCUT2D eigenvalue weighted by atomic mass is 10.2. The summed E-state index contributed by atoms with van der Waals surface area (Å²) in [6, 6.07) is 0.411. The Bertz CT molecular complexity index is 165. The lowest BCUT2D eigenvalue weighted by Crippen LogP contribution is -2.37. The molecule has 1 aliphatic heterocycles. The molecule has 0 aromatic rings. The second kappa shape index (κ2) is 4.91. The van der Waals surface area contributed by atoms with Gasteiger partial charge < -0.3 is 10.3 Å². The quantitative estimate of drug-likeness (QED) is 0.596. The zero-order chi connectivity index (χ0) is 8.97. The Morgan fingerprint density at radius 1 is 1.67 bits per heavy atom. The van der Waals surface area contributed by atoms with Gasteiger partial charge in [0.05, 0.1) is 0 Å². The van der Waals surface area contributed by atoms with E-state index in [-0.39, 0.29) is 5.75 Å². The van der Waals surface area contributed by atoms with Gasteiger partial charge in [-0.2, -0.15) is 0 Å². The second-order valence-electron chi connectivity index (χ2n) is 3.08. The highest BCUT2D eigenvalue weighted by molar-refractivity contribution is 7.79. The predicted octanol–water partition coefficient (Wildman–Crippen LogP) is -0.711. The van der Waals surface area contributed by atoms with E-state index in [4.69, 9.17) is 5.73 Å². The van der Waals surface area contributed by atoms with E-state index in [2.05, 4.69) is 4.90 Å². The highest BCUT2D eigenvalue weighted by Crippen LogP contribution is 2.15. The SMILES string of the molecule is NCC1CCCN1CCS(=O)[O-]. The van der Waals surface area contributed by atoms with Crippen LogP contribution in [-0.4, -0.2) is 45.1 Å². The molecule has 0 amide bonds. The van der Waals surface area contributed by atoms with Crippen molar-refractivity contribution in [3.05, 3.63) is 0 Å². The Morgan fingerprint density at radius 3 is 3.00 bits per heavy atom. The van der Waals surface area contributed by atoms with E-state index in [0.717, 1.165) is 19.4 Å². The lowest BCUT2D eigenvalue weighted by molar-refractivity contribution is 0.273. The molecule has 0 radical (unpaired) electrons. The van der Waals surface area contributed by atoms with E-state index in [0.29, 0.717) is 19.1 Å². The van der Waals surface area contributed by atoms with E-state index in [1.165, 1.54) is 0 Å². The highest BCUT2D eigenvalue weighted by atomic mass is 32.2. The van der Waals surface area contributed by atoms with Crippen LogP contribution in [0, 0.1) is 0 Å². The molecule has 12 heavy (non-hydrogen) atoms. The normalized spacial score (nSPS) is 27.7. The van der Waals surface area contributed by atoms with Crippen LogP contribution < -0.4 is 5.73 Å². The van der Waals surface area contributed by atoms with Crippen molar-refractivity contribution in [2.75, 3.05) is 25.4 Å². The van der Waals surface area contributed by atoms with Crippen LogP contribution in [0.4, 0.5) is 0 Å². The van der Waals surface area contributed by atoms with Crippen LogP contribution in [0.5, 0.6) is 0 Å². The molecule has 1 saturated heterocycles. The third-order valence-corrected chi connectivity index (χ3v) is 2.83. The maximum atomic E-state index is 10.3. The van der Waals surface area contributed by atoms with Gasteiger partial charge in [0.15, 0.2) is 0 Å². The highest BCUT2D eigenvalue weighted by Gasteiger charge is 2.21. The Balaban J connectivity index is 2.26. The molecule has 1 fully saturated rings. The molecule has 0 spiro atoms. The average molecular weight is 191 g/mol. The van der Waals surface area contributed by atoms with Crippen molar-refractivity contribution >= 4 is 11.1 Å². The fourth-order valence-electron chi connectivity index (χ4n) is 1.65. The Morgan fingerprint density at radius 2 is 2.42 bits per heavy atom. The molecule has 4 nitrogen and oxygen atoms in total. The van der Waals surface area contributed by atoms with Crippen LogP contribution in [0.15, 0.2) is 0 Å². The minimum absolute atomic E-state index is 0.233. The monoisotopic (exact) mass is 191 g/mol. The van der Waals surface area contributed by atoms with Gasteiger partial charge in [-0.05, 0) is 19.4 Å². The first-order valence-corrected chi connectivity index (χ1v) is 5.48. The Labute approximate surface area is 75.4 Å². The first-order chi connectivity index (χ1) is 5.74. The van der Waals surface area contributed by atoms with Crippen LogP contribution in [0.1, 0.15) is 12.8 Å². The summed E-state index contributed by atoms with van der Waals surface area (Å²) >= 11 is -1.91. The van der Waals surface area contributed by atoms with Gasteiger partial charge in [-0.15, -0.1) is 0 Å². The molecular formula is C7H15N2O2S-.